The van der Waals surface area contributed by atoms with E-state index in [-0.39, 0.29) is 11.5 Å². The third-order valence-electron chi connectivity index (χ3n) is 3.85. The summed E-state index contributed by atoms with van der Waals surface area (Å²) in [6.45, 7) is 1.96. The average molecular weight is 356 g/mol. The first-order chi connectivity index (χ1) is 11.5. The molecule has 24 heavy (non-hydrogen) atoms. The minimum atomic E-state index is -0.406. The Hall–Kier alpha value is -2.64. The van der Waals surface area contributed by atoms with Crippen molar-refractivity contribution in [3.63, 3.8) is 0 Å². The lowest BCUT2D eigenvalue weighted by molar-refractivity contribution is 0.104. The molecule has 4 aromatic rings. The number of benzene rings is 1. The molecule has 1 aromatic carbocycles. The number of nitrogen functional groups attached to an aromatic ring is 1. The van der Waals surface area contributed by atoms with Crippen LogP contribution in [0.2, 0.25) is 0 Å². The first kappa shape index (κ1) is 14.9. The topological polar surface area (TPSA) is 96.2 Å². The summed E-state index contributed by atoms with van der Waals surface area (Å²) in [6, 6.07) is 8.44. The van der Waals surface area contributed by atoms with Gasteiger partial charge >= 0.3 is 0 Å². The van der Waals surface area contributed by atoms with E-state index in [9.17, 15) is 14.7 Å². The Labute approximate surface area is 144 Å². The van der Waals surface area contributed by atoms with Crippen LogP contribution in [0.1, 0.15) is 20.8 Å². The van der Waals surface area contributed by atoms with Crippen molar-refractivity contribution in [2.45, 2.75) is 6.92 Å². The van der Waals surface area contributed by atoms with Gasteiger partial charge in [0, 0.05) is 11.6 Å². The molecule has 0 aliphatic rings. The molecule has 4 N–H and O–H groups in total. The van der Waals surface area contributed by atoms with Gasteiger partial charge in [0.25, 0.3) is 5.56 Å². The molecule has 0 unspecified atom stereocenters. The summed E-state index contributed by atoms with van der Waals surface area (Å²) in [6.07, 6.45) is 0. The van der Waals surface area contributed by atoms with E-state index in [4.69, 9.17) is 5.73 Å². The van der Waals surface area contributed by atoms with Crippen molar-refractivity contribution in [2.24, 2.45) is 0 Å². The largest absolute Gasteiger partial charge is 0.506 e. The Morgan fingerprint density at radius 3 is 2.62 bits per heavy atom. The number of nitrogens with one attached hydrogen (secondary N) is 1. The van der Waals surface area contributed by atoms with Crippen molar-refractivity contribution in [1.82, 2.24) is 4.98 Å². The van der Waals surface area contributed by atoms with Crippen LogP contribution in [-0.2, 0) is 0 Å². The van der Waals surface area contributed by atoms with Crippen molar-refractivity contribution >= 4 is 53.8 Å². The first-order valence-corrected chi connectivity index (χ1v) is 8.77. The molecular weight excluding hydrogens is 344 g/mol. The summed E-state index contributed by atoms with van der Waals surface area (Å²) in [7, 11) is 0. The highest BCUT2D eigenvalue weighted by molar-refractivity contribution is 7.42. The van der Waals surface area contributed by atoms with Gasteiger partial charge in [-0.2, -0.15) is 0 Å². The maximum absolute atomic E-state index is 12.7. The molecular formula is C17H12N2O3S2. The summed E-state index contributed by atoms with van der Waals surface area (Å²) in [5.41, 5.74) is 8.27. The number of aromatic amines is 1. The fraction of sp³-hybridized carbons (Fsp3) is 0.0588. The van der Waals surface area contributed by atoms with E-state index in [2.05, 4.69) is 4.98 Å². The number of aryl methyl sites for hydroxylation is 1. The zero-order valence-electron chi connectivity index (χ0n) is 12.5. The van der Waals surface area contributed by atoms with E-state index < -0.39 is 5.56 Å². The number of H-pyrrole nitrogens is 1. The number of aromatic nitrogens is 1. The van der Waals surface area contributed by atoms with Crippen LogP contribution in [0.5, 0.6) is 5.75 Å². The van der Waals surface area contributed by atoms with Crippen LogP contribution in [0.4, 0.5) is 5.69 Å². The Morgan fingerprint density at radius 2 is 1.92 bits per heavy atom. The number of fused-ring (bicyclic) bond motifs is 3. The van der Waals surface area contributed by atoms with Crippen molar-refractivity contribution in [3.05, 3.63) is 56.7 Å². The fourth-order valence-corrected chi connectivity index (χ4v) is 5.15. The second-order valence-corrected chi connectivity index (χ2v) is 7.83. The minimum absolute atomic E-state index is 0.0760. The Kier molecular flexibility index (Phi) is 3.22. The minimum Gasteiger partial charge on any atom is -0.506 e. The number of carbonyl (C=O) groups excluding carboxylic acids is 1. The van der Waals surface area contributed by atoms with E-state index >= 15 is 0 Å². The van der Waals surface area contributed by atoms with Gasteiger partial charge in [0.15, 0.2) is 0 Å². The van der Waals surface area contributed by atoms with Gasteiger partial charge in [-0.05, 0) is 6.92 Å². The number of thiophene rings is 2. The van der Waals surface area contributed by atoms with Crippen LogP contribution in [0.15, 0.2) is 35.1 Å². The van der Waals surface area contributed by atoms with E-state index in [0.29, 0.717) is 31.7 Å². The highest BCUT2D eigenvalue weighted by Gasteiger charge is 2.22. The molecule has 3 heterocycles. The highest BCUT2D eigenvalue weighted by atomic mass is 32.2. The summed E-state index contributed by atoms with van der Waals surface area (Å²) >= 11 is 2.60. The first-order valence-electron chi connectivity index (χ1n) is 7.14. The maximum Gasteiger partial charge on any atom is 0.252 e. The molecule has 5 nitrogen and oxygen atoms in total. The molecule has 0 saturated carbocycles. The molecule has 120 valence electrons. The predicted molar refractivity (Wildman–Crippen MR) is 98.5 cm³/mol. The lowest BCUT2D eigenvalue weighted by atomic mass is 10.1. The van der Waals surface area contributed by atoms with Crippen LogP contribution >= 0.6 is 22.7 Å². The summed E-state index contributed by atoms with van der Waals surface area (Å²) in [5, 5.41) is 10.6. The monoisotopic (exact) mass is 356 g/mol. The van der Waals surface area contributed by atoms with Gasteiger partial charge in [0.05, 0.1) is 25.3 Å². The molecule has 0 saturated heterocycles. The van der Waals surface area contributed by atoms with E-state index in [1.807, 2.05) is 19.1 Å². The van der Waals surface area contributed by atoms with Crippen LogP contribution in [-0.4, -0.2) is 15.9 Å². The number of nitrogens with two attached hydrogens (primary N) is 1. The van der Waals surface area contributed by atoms with Crippen LogP contribution in [0, 0.1) is 6.92 Å². The Balaban J connectivity index is 1.95. The summed E-state index contributed by atoms with van der Waals surface area (Å²) in [5.74, 6) is -0.218. The summed E-state index contributed by atoms with van der Waals surface area (Å²) < 4.78 is 1.37. The molecule has 0 bridgehead atoms. The number of hydrogen-bond acceptors (Lipinski definition) is 6. The summed E-state index contributed by atoms with van der Waals surface area (Å²) in [4.78, 5) is 27.5. The normalized spacial score (nSPS) is 11.4. The molecule has 4 rings (SSSR count). The standard InChI is InChI=1S/C17H12N2O3S2/c1-7-2-4-8(5-3-7)14(22)16-12(18)11-13-15(23-17(11)24-16)9(20)6-10(21)19-13/h2-6H,18H2,1H3,(H2,19,20,21). The van der Waals surface area contributed by atoms with Crippen molar-refractivity contribution in [3.8, 4) is 5.75 Å². The van der Waals surface area contributed by atoms with E-state index in [1.165, 1.54) is 22.7 Å². The van der Waals surface area contributed by atoms with Crippen LogP contribution in [0.3, 0.4) is 0 Å². The number of anilines is 1. The molecule has 0 amide bonds. The second-order valence-electron chi connectivity index (χ2n) is 5.53. The number of pyridine rings is 1. The molecule has 0 fully saturated rings. The quantitative estimate of drug-likeness (QED) is 0.478. The van der Waals surface area contributed by atoms with E-state index in [0.717, 1.165) is 15.6 Å². The highest BCUT2D eigenvalue weighted by Crippen LogP contribution is 2.45. The number of hydrogen-bond donors (Lipinski definition) is 3. The number of rotatable bonds is 2. The van der Waals surface area contributed by atoms with Gasteiger partial charge in [0.2, 0.25) is 5.78 Å². The van der Waals surface area contributed by atoms with Gasteiger partial charge < -0.3 is 15.8 Å². The van der Waals surface area contributed by atoms with Gasteiger partial charge in [-0.1, -0.05) is 29.8 Å². The van der Waals surface area contributed by atoms with Crippen molar-refractivity contribution in [2.75, 3.05) is 5.73 Å². The van der Waals surface area contributed by atoms with Gasteiger partial charge in [-0.3, -0.25) is 9.59 Å². The fourth-order valence-electron chi connectivity index (χ4n) is 2.64. The van der Waals surface area contributed by atoms with Crippen molar-refractivity contribution < 1.29 is 9.90 Å². The maximum atomic E-state index is 12.7. The Bertz CT molecular complexity index is 1170. The van der Waals surface area contributed by atoms with Gasteiger partial charge in [-0.25, -0.2) is 0 Å². The third-order valence-corrected chi connectivity index (χ3v) is 6.36. The van der Waals surface area contributed by atoms with Crippen LogP contribution < -0.4 is 11.3 Å². The Morgan fingerprint density at radius 1 is 1.21 bits per heavy atom. The number of ketones is 1. The van der Waals surface area contributed by atoms with E-state index in [1.54, 1.807) is 12.1 Å². The number of carbonyl (C=O) groups is 1. The zero-order chi connectivity index (χ0) is 17.0. The molecule has 7 heteroatoms. The molecule has 0 aliphatic heterocycles. The lowest BCUT2D eigenvalue weighted by Gasteiger charge is -2.01. The molecule has 0 radical (unpaired) electrons. The third kappa shape index (κ3) is 2.13. The molecule has 0 atom stereocenters. The molecule has 0 spiro atoms. The molecule has 3 aromatic heterocycles. The second kappa shape index (κ2) is 5.19. The van der Waals surface area contributed by atoms with Crippen molar-refractivity contribution in [1.29, 1.82) is 0 Å². The average Bonchev–Trinajstić information content (AvgIpc) is 3.05. The van der Waals surface area contributed by atoms with Gasteiger partial charge in [0.1, 0.15) is 10.6 Å². The number of aromatic hydroxyl groups is 1. The lowest BCUT2D eigenvalue weighted by Crippen LogP contribution is -2.03. The smallest absolute Gasteiger partial charge is 0.252 e. The van der Waals surface area contributed by atoms with Crippen LogP contribution in [0.25, 0.3) is 19.6 Å². The van der Waals surface area contributed by atoms with Gasteiger partial charge in [-0.15, -0.1) is 22.7 Å². The molecule has 0 aliphatic carbocycles. The SMILES string of the molecule is Cc1ccc(C(=O)c2sc3sc4c(O)cc(=O)[nH]c4c3c2N)cc1. The predicted octanol–water partition coefficient (Wildman–Crippen LogP) is 3.63. The zero-order valence-corrected chi connectivity index (χ0v) is 14.2.